The number of aromatic amines is 1. The number of nitrogens with one attached hydrogen (secondary N) is 1. The second kappa shape index (κ2) is 5.53. The van der Waals surface area contributed by atoms with Gasteiger partial charge in [-0.3, -0.25) is 19.9 Å². The third-order valence-corrected chi connectivity index (χ3v) is 3.54. The highest BCUT2D eigenvalue weighted by Gasteiger charge is 2.19. The largest absolute Gasteiger partial charge is 0.334 e. The zero-order valence-electron chi connectivity index (χ0n) is 11.3. The van der Waals surface area contributed by atoms with E-state index in [2.05, 4.69) is 4.98 Å². The quantitative estimate of drug-likeness (QED) is 0.532. The van der Waals surface area contributed by atoms with Gasteiger partial charge in [0.05, 0.1) is 21.7 Å². The Morgan fingerprint density at radius 3 is 2.62 bits per heavy atom. The van der Waals surface area contributed by atoms with Gasteiger partial charge in [0.2, 0.25) is 0 Å². The van der Waals surface area contributed by atoms with Gasteiger partial charge in [0.15, 0.2) is 0 Å². The molecule has 1 N–H and O–H groups in total. The summed E-state index contributed by atoms with van der Waals surface area (Å²) in [7, 11) is 0. The lowest BCUT2D eigenvalue weighted by atomic mass is 10.1. The van der Waals surface area contributed by atoms with Crippen molar-refractivity contribution in [3.8, 4) is 5.69 Å². The molecule has 0 saturated heterocycles. The average molecular weight is 310 g/mol. The van der Waals surface area contributed by atoms with Crippen LogP contribution in [0.3, 0.4) is 0 Å². The van der Waals surface area contributed by atoms with Crippen LogP contribution in [0.15, 0.2) is 27.8 Å². The van der Waals surface area contributed by atoms with E-state index in [1.165, 1.54) is 25.1 Å². The zero-order chi connectivity index (χ0) is 15.7. The number of hydrogen-bond donors (Lipinski definition) is 1. The first-order valence-corrected chi connectivity index (χ1v) is 6.54. The minimum absolute atomic E-state index is 0.00756. The topological polar surface area (TPSA) is 98.0 Å². The van der Waals surface area contributed by atoms with Gasteiger partial charge < -0.3 is 0 Å². The van der Waals surface area contributed by atoms with E-state index >= 15 is 0 Å². The summed E-state index contributed by atoms with van der Waals surface area (Å²) in [6.07, 6.45) is 0.336. The second-order valence-electron chi connectivity index (χ2n) is 4.40. The SMILES string of the molecule is CCc1c(Cl)[nH]c(=O)n(-c2cccc([N+](=O)[O-])c2C)c1=O. The van der Waals surface area contributed by atoms with Crippen LogP contribution >= 0.6 is 11.6 Å². The fourth-order valence-electron chi connectivity index (χ4n) is 2.12. The minimum Gasteiger partial charge on any atom is -0.297 e. The standard InChI is InChI=1S/C13H12ClN3O4/c1-3-8-11(14)15-13(19)16(12(8)18)9-5-4-6-10(7(9)2)17(20)21/h4-6H,3H2,1-2H3,(H,15,19). The molecule has 1 aromatic heterocycles. The van der Waals surface area contributed by atoms with Gasteiger partial charge in [0, 0.05) is 6.07 Å². The first kappa shape index (κ1) is 15.0. The van der Waals surface area contributed by atoms with Gasteiger partial charge in [0.25, 0.3) is 11.2 Å². The highest BCUT2D eigenvalue weighted by molar-refractivity contribution is 6.30. The Morgan fingerprint density at radius 1 is 1.38 bits per heavy atom. The molecule has 0 aliphatic heterocycles. The number of aromatic nitrogens is 2. The number of H-pyrrole nitrogens is 1. The lowest BCUT2D eigenvalue weighted by Crippen LogP contribution is -2.36. The van der Waals surface area contributed by atoms with E-state index in [-0.39, 0.29) is 27.7 Å². The van der Waals surface area contributed by atoms with Crippen molar-refractivity contribution >= 4 is 17.3 Å². The van der Waals surface area contributed by atoms with Crippen molar-refractivity contribution in [3.05, 3.63) is 65.4 Å². The molecule has 0 spiro atoms. The van der Waals surface area contributed by atoms with E-state index < -0.39 is 16.2 Å². The number of nitrogens with zero attached hydrogens (tertiary/aromatic N) is 2. The monoisotopic (exact) mass is 309 g/mol. The molecule has 0 unspecified atom stereocenters. The summed E-state index contributed by atoms with van der Waals surface area (Å²) in [6.45, 7) is 3.21. The van der Waals surface area contributed by atoms with Crippen molar-refractivity contribution in [2.75, 3.05) is 0 Å². The van der Waals surface area contributed by atoms with Gasteiger partial charge in [-0.25, -0.2) is 9.36 Å². The van der Waals surface area contributed by atoms with Crippen LogP contribution in [-0.2, 0) is 6.42 Å². The molecule has 2 aromatic rings. The van der Waals surface area contributed by atoms with E-state index in [4.69, 9.17) is 11.6 Å². The second-order valence-corrected chi connectivity index (χ2v) is 4.77. The zero-order valence-corrected chi connectivity index (χ0v) is 12.1. The van der Waals surface area contributed by atoms with Gasteiger partial charge in [-0.2, -0.15) is 0 Å². The van der Waals surface area contributed by atoms with E-state index in [9.17, 15) is 19.7 Å². The maximum atomic E-state index is 12.4. The molecule has 0 aliphatic carbocycles. The van der Waals surface area contributed by atoms with E-state index in [0.717, 1.165) is 4.57 Å². The first-order valence-electron chi connectivity index (χ1n) is 6.16. The Balaban J connectivity index is 2.87. The lowest BCUT2D eigenvalue weighted by molar-refractivity contribution is -0.385. The van der Waals surface area contributed by atoms with Crippen molar-refractivity contribution in [1.82, 2.24) is 9.55 Å². The number of nitro groups is 1. The van der Waals surface area contributed by atoms with Gasteiger partial charge in [0.1, 0.15) is 5.15 Å². The molecule has 110 valence electrons. The molecular formula is C13H12ClN3O4. The van der Waals surface area contributed by atoms with Crippen molar-refractivity contribution in [2.45, 2.75) is 20.3 Å². The fraction of sp³-hybridized carbons (Fsp3) is 0.231. The highest BCUT2D eigenvalue weighted by Crippen LogP contribution is 2.22. The molecule has 1 aromatic carbocycles. The third-order valence-electron chi connectivity index (χ3n) is 3.21. The number of nitro benzene ring substituents is 1. The molecule has 2 rings (SSSR count). The molecular weight excluding hydrogens is 298 g/mol. The van der Waals surface area contributed by atoms with Crippen molar-refractivity contribution in [2.24, 2.45) is 0 Å². The summed E-state index contributed by atoms with van der Waals surface area (Å²) < 4.78 is 0.868. The Hall–Kier alpha value is -2.41. The molecule has 7 nitrogen and oxygen atoms in total. The smallest absolute Gasteiger partial charge is 0.297 e. The van der Waals surface area contributed by atoms with Gasteiger partial charge in [-0.05, 0) is 19.4 Å². The minimum atomic E-state index is -0.731. The highest BCUT2D eigenvalue weighted by atomic mass is 35.5. The summed E-state index contributed by atoms with van der Waals surface area (Å²) in [4.78, 5) is 37.2. The predicted octanol–water partition coefficient (Wildman–Crippen LogP) is 1.96. The van der Waals surface area contributed by atoms with Crippen molar-refractivity contribution in [1.29, 1.82) is 0 Å². The van der Waals surface area contributed by atoms with Gasteiger partial charge >= 0.3 is 5.69 Å². The summed E-state index contributed by atoms with van der Waals surface area (Å²) in [5.74, 6) is 0. The van der Waals surface area contributed by atoms with E-state index in [0.29, 0.717) is 6.42 Å². The van der Waals surface area contributed by atoms with Crippen molar-refractivity contribution in [3.63, 3.8) is 0 Å². The molecule has 21 heavy (non-hydrogen) atoms. The van der Waals surface area contributed by atoms with Crippen LogP contribution in [-0.4, -0.2) is 14.5 Å². The third kappa shape index (κ3) is 2.47. The molecule has 1 heterocycles. The first-order chi connectivity index (χ1) is 9.88. The van der Waals surface area contributed by atoms with Crippen LogP contribution in [0, 0.1) is 17.0 Å². The lowest BCUT2D eigenvalue weighted by Gasteiger charge is -2.10. The van der Waals surface area contributed by atoms with Crippen molar-refractivity contribution < 1.29 is 4.92 Å². The van der Waals surface area contributed by atoms with Crippen LogP contribution < -0.4 is 11.2 Å². The Morgan fingerprint density at radius 2 is 2.05 bits per heavy atom. The fourth-order valence-corrected chi connectivity index (χ4v) is 2.42. The maximum absolute atomic E-state index is 12.4. The summed E-state index contributed by atoms with van der Waals surface area (Å²) >= 11 is 5.84. The Bertz CT molecular complexity index is 838. The summed E-state index contributed by atoms with van der Waals surface area (Å²) in [6, 6.07) is 4.22. The molecule has 0 amide bonds. The molecule has 0 atom stereocenters. The van der Waals surface area contributed by atoms with Crippen LogP contribution in [0.5, 0.6) is 0 Å². The predicted molar refractivity (Wildman–Crippen MR) is 78.4 cm³/mol. The molecule has 0 aliphatic rings. The van der Waals surface area contributed by atoms with Crippen LogP contribution in [0.4, 0.5) is 5.69 Å². The number of hydrogen-bond acceptors (Lipinski definition) is 4. The number of rotatable bonds is 3. The van der Waals surface area contributed by atoms with Crippen LogP contribution in [0.25, 0.3) is 5.69 Å². The molecule has 0 saturated carbocycles. The summed E-state index contributed by atoms with van der Waals surface area (Å²) in [5, 5.41) is 11.0. The molecule has 0 fully saturated rings. The van der Waals surface area contributed by atoms with Crippen LogP contribution in [0.2, 0.25) is 5.15 Å². The molecule has 0 radical (unpaired) electrons. The van der Waals surface area contributed by atoms with Gasteiger partial charge in [-0.1, -0.05) is 24.6 Å². The van der Waals surface area contributed by atoms with Gasteiger partial charge in [-0.15, -0.1) is 0 Å². The Kier molecular flexibility index (Phi) is 3.95. The normalized spacial score (nSPS) is 10.6. The maximum Gasteiger partial charge on any atom is 0.334 e. The van der Waals surface area contributed by atoms with E-state index in [1.807, 2.05) is 0 Å². The summed E-state index contributed by atoms with van der Waals surface area (Å²) in [5.41, 5.74) is -0.809. The molecule has 8 heteroatoms. The average Bonchev–Trinajstić information content (AvgIpc) is 2.40. The molecule has 0 bridgehead atoms. The number of benzene rings is 1. The van der Waals surface area contributed by atoms with Crippen LogP contribution in [0.1, 0.15) is 18.1 Å². The number of halogens is 1. The van der Waals surface area contributed by atoms with E-state index in [1.54, 1.807) is 6.92 Å². The Labute approximate surface area is 124 Å².